The van der Waals surface area contributed by atoms with Crippen molar-refractivity contribution in [3.8, 4) is 5.75 Å². The summed E-state index contributed by atoms with van der Waals surface area (Å²) >= 11 is 0. The Kier molecular flexibility index (Phi) is 4.71. The van der Waals surface area contributed by atoms with Crippen molar-refractivity contribution in [2.75, 3.05) is 14.2 Å². The first-order valence-electron chi connectivity index (χ1n) is 6.62. The minimum atomic E-state index is -3.82. The fraction of sp³-hybridized carbons (Fsp3) is 0.286. The molecule has 1 heterocycles. The Morgan fingerprint density at radius 1 is 1.39 bits per heavy atom. The molecule has 2 aromatic rings. The molecule has 1 aromatic heterocycles. The van der Waals surface area contributed by atoms with E-state index in [0.29, 0.717) is 11.5 Å². The number of sulfonamides is 1. The maximum absolute atomic E-state index is 12.6. The minimum Gasteiger partial charge on any atom is -0.496 e. The first-order valence-corrected chi connectivity index (χ1v) is 8.06. The number of carbonyl (C=O) groups excluding carboxylic acids is 1. The molecule has 1 aromatic carbocycles. The number of nitrogens with zero attached hydrogens (tertiary/aromatic N) is 2. The van der Waals surface area contributed by atoms with Crippen molar-refractivity contribution in [2.45, 2.75) is 18.4 Å². The number of ether oxygens (including phenoxy) is 1. The van der Waals surface area contributed by atoms with Crippen molar-refractivity contribution in [3.05, 3.63) is 41.3 Å². The van der Waals surface area contributed by atoms with E-state index in [1.807, 2.05) is 0 Å². The third-order valence-electron chi connectivity index (χ3n) is 3.21. The van der Waals surface area contributed by atoms with Gasteiger partial charge in [-0.3, -0.25) is 4.79 Å². The second-order valence-electron chi connectivity index (χ2n) is 4.92. The van der Waals surface area contributed by atoms with Gasteiger partial charge in [-0.25, -0.2) is 8.42 Å². The van der Waals surface area contributed by atoms with Crippen molar-refractivity contribution in [2.24, 2.45) is 5.73 Å². The molecular weight excluding hydrogens is 322 g/mol. The smallest absolute Gasteiger partial charge is 0.252 e. The van der Waals surface area contributed by atoms with Gasteiger partial charge in [0, 0.05) is 13.1 Å². The van der Waals surface area contributed by atoms with Gasteiger partial charge in [0.15, 0.2) is 0 Å². The summed E-state index contributed by atoms with van der Waals surface area (Å²) in [6.07, 6.45) is 0. The largest absolute Gasteiger partial charge is 0.496 e. The summed E-state index contributed by atoms with van der Waals surface area (Å²) in [5, 5.41) is 3.76. The molecule has 0 atom stereocenters. The highest BCUT2D eigenvalue weighted by Gasteiger charge is 2.24. The van der Waals surface area contributed by atoms with Crippen LogP contribution in [-0.4, -0.2) is 37.9 Å². The minimum absolute atomic E-state index is 0.000689. The number of amides is 1. The fourth-order valence-electron chi connectivity index (χ4n) is 2.03. The average molecular weight is 339 g/mol. The Labute approximate surface area is 133 Å². The fourth-order valence-corrected chi connectivity index (χ4v) is 3.19. The highest BCUT2D eigenvalue weighted by molar-refractivity contribution is 7.89. The molecule has 0 aliphatic carbocycles. The van der Waals surface area contributed by atoms with E-state index in [-0.39, 0.29) is 22.8 Å². The third-order valence-corrected chi connectivity index (χ3v) is 5.01. The van der Waals surface area contributed by atoms with Crippen LogP contribution in [0, 0.1) is 6.92 Å². The summed E-state index contributed by atoms with van der Waals surface area (Å²) in [4.78, 5) is 11.4. The molecule has 0 spiro atoms. The van der Waals surface area contributed by atoms with E-state index in [9.17, 15) is 13.2 Å². The molecule has 8 nitrogen and oxygen atoms in total. The Morgan fingerprint density at radius 2 is 2.09 bits per heavy atom. The monoisotopic (exact) mass is 339 g/mol. The van der Waals surface area contributed by atoms with Gasteiger partial charge in [-0.05, 0) is 25.1 Å². The van der Waals surface area contributed by atoms with E-state index < -0.39 is 15.9 Å². The number of hydrogen-bond donors (Lipinski definition) is 1. The van der Waals surface area contributed by atoms with E-state index in [1.165, 1.54) is 32.4 Å². The molecule has 0 fully saturated rings. The van der Waals surface area contributed by atoms with Crippen molar-refractivity contribution in [1.29, 1.82) is 0 Å². The number of primary amides is 1. The van der Waals surface area contributed by atoms with Crippen LogP contribution in [0.25, 0.3) is 0 Å². The van der Waals surface area contributed by atoms with Gasteiger partial charge in [0.1, 0.15) is 11.5 Å². The van der Waals surface area contributed by atoms with E-state index in [1.54, 1.807) is 13.0 Å². The maximum atomic E-state index is 12.6. The van der Waals surface area contributed by atoms with Gasteiger partial charge < -0.3 is 15.0 Å². The zero-order chi connectivity index (χ0) is 17.2. The number of benzene rings is 1. The number of aryl methyl sites for hydroxylation is 1. The van der Waals surface area contributed by atoms with E-state index >= 15 is 0 Å². The maximum Gasteiger partial charge on any atom is 0.252 e. The molecule has 2 rings (SSSR count). The molecule has 2 N–H and O–H groups in total. The molecule has 1 amide bonds. The first-order chi connectivity index (χ1) is 10.8. The van der Waals surface area contributed by atoms with Crippen molar-refractivity contribution < 1.29 is 22.5 Å². The van der Waals surface area contributed by atoms with Crippen LogP contribution in [0.3, 0.4) is 0 Å². The average Bonchev–Trinajstić information content (AvgIpc) is 2.91. The molecule has 0 bridgehead atoms. The van der Waals surface area contributed by atoms with Gasteiger partial charge in [-0.15, -0.1) is 0 Å². The predicted octanol–water partition coefficient (Wildman–Crippen LogP) is 0.911. The zero-order valence-corrected chi connectivity index (χ0v) is 13.8. The van der Waals surface area contributed by atoms with Crippen LogP contribution in [0.4, 0.5) is 0 Å². The van der Waals surface area contributed by atoms with Gasteiger partial charge in [0.25, 0.3) is 5.91 Å². The summed E-state index contributed by atoms with van der Waals surface area (Å²) in [6.45, 7) is 1.76. The van der Waals surface area contributed by atoms with Crippen LogP contribution in [0.2, 0.25) is 0 Å². The summed E-state index contributed by atoms with van der Waals surface area (Å²) in [5.74, 6) is 0.0335. The lowest BCUT2D eigenvalue weighted by Gasteiger charge is -2.16. The molecule has 0 unspecified atom stereocenters. The number of nitrogens with two attached hydrogens (primary N) is 1. The molecule has 124 valence electrons. The van der Waals surface area contributed by atoms with Crippen LogP contribution in [0.5, 0.6) is 5.75 Å². The Morgan fingerprint density at radius 3 is 2.61 bits per heavy atom. The number of methoxy groups -OCH3 is 1. The summed E-state index contributed by atoms with van der Waals surface area (Å²) in [5.41, 5.74) is 5.74. The number of rotatable bonds is 6. The molecular formula is C14H17N3O5S. The standard InChI is InChI=1S/C14H17N3O5S/c1-9-6-10(16-22-9)8-17(2)23(19,20)11-4-5-13(21-3)12(7-11)14(15)18/h4-7H,8H2,1-3H3,(H2,15,18). The molecule has 0 aliphatic heterocycles. The summed E-state index contributed by atoms with van der Waals surface area (Å²) in [6, 6.07) is 5.59. The van der Waals surface area contributed by atoms with Gasteiger partial charge in [-0.2, -0.15) is 4.31 Å². The number of hydrogen-bond acceptors (Lipinski definition) is 6. The van der Waals surface area contributed by atoms with Crippen LogP contribution >= 0.6 is 0 Å². The topological polar surface area (TPSA) is 116 Å². The molecule has 0 saturated heterocycles. The second kappa shape index (κ2) is 6.39. The summed E-state index contributed by atoms with van der Waals surface area (Å²) < 4.78 is 36.2. The van der Waals surface area contributed by atoms with E-state index in [4.69, 9.17) is 15.0 Å². The Bertz CT molecular complexity index is 829. The van der Waals surface area contributed by atoms with Crippen molar-refractivity contribution in [1.82, 2.24) is 9.46 Å². The second-order valence-corrected chi connectivity index (χ2v) is 6.96. The lowest BCUT2D eigenvalue weighted by molar-refractivity contribution is 0.0997. The van der Waals surface area contributed by atoms with Crippen LogP contribution in [0.15, 0.2) is 33.7 Å². The zero-order valence-electron chi connectivity index (χ0n) is 12.9. The lowest BCUT2D eigenvalue weighted by atomic mass is 10.2. The SMILES string of the molecule is COc1ccc(S(=O)(=O)N(C)Cc2cc(C)on2)cc1C(N)=O. The van der Waals surface area contributed by atoms with Crippen LogP contribution in [-0.2, 0) is 16.6 Å². The van der Waals surface area contributed by atoms with Gasteiger partial charge in [0.05, 0.1) is 29.8 Å². The summed E-state index contributed by atoms with van der Waals surface area (Å²) in [7, 11) is -1.04. The Hall–Kier alpha value is -2.39. The van der Waals surface area contributed by atoms with Gasteiger partial charge >= 0.3 is 0 Å². The molecule has 0 saturated carbocycles. The highest BCUT2D eigenvalue weighted by atomic mass is 32.2. The van der Waals surface area contributed by atoms with Crippen molar-refractivity contribution >= 4 is 15.9 Å². The molecule has 9 heteroatoms. The quantitative estimate of drug-likeness (QED) is 0.836. The lowest BCUT2D eigenvalue weighted by Crippen LogP contribution is -2.27. The highest BCUT2D eigenvalue weighted by Crippen LogP contribution is 2.24. The van der Waals surface area contributed by atoms with Gasteiger partial charge in [0.2, 0.25) is 10.0 Å². The number of aromatic nitrogens is 1. The van der Waals surface area contributed by atoms with E-state index in [2.05, 4.69) is 5.16 Å². The van der Waals surface area contributed by atoms with E-state index in [0.717, 1.165) is 4.31 Å². The van der Waals surface area contributed by atoms with Gasteiger partial charge in [-0.1, -0.05) is 5.16 Å². The molecule has 0 aliphatic rings. The first kappa shape index (κ1) is 17.0. The third kappa shape index (κ3) is 3.51. The van der Waals surface area contributed by atoms with Crippen LogP contribution in [0.1, 0.15) is 21.8 Å². The number of carbonyl (C=O) groups is 1. The Balaban J connectivity index is 2.35. The normalized spacial score (nSPS) is 11.7. The van der Waals surface area contributed by atoms with Crippen molar-refractivity contribution in [3.63, 3.8) is 0 Å². The predicted molar refractivity (Wildman–Crippen MR) is 81.4 cm³/mol. The molecule has 23 heavy (non-hydrogen) atoms. The molecule has 0 radical (unpaired) electrons. The van der Waals surface area contributed by atoms with Crippen LogP contribution < -0.4 is 10.5 Å².